The van der Waals surface area contributed by atoms with E-state index in [-0.39, 0.29) is 6.61 Å². The predicted molar refractivity (Wildman–Crippen MR) is 57.0 cm³/mol. The van der Waals surface area contributed by atoms with Crippen LogP contribution in [0.5, 0.6) is 11.5 Å². The van der Waals surface area contributed by atoms with E-state index in [9.17, 15) is 4.79 Å². The average Bonchev–Trinajstić information content (AvgIpc) is 2.88. The summed E-state index contributed by atoms with van der Waals surface area (Å²) in [5.74, 6) is 1.25. The van der Waals surface area contributed by atoms with Crippen molar-refractivity contribution in [1.29, 1.82) is 0 Å². The summed E-state index contributed by atoms with van der Waals surface area (Å²) in [6.45, 7) is 0.109. The van der Waals surface area contributed by atoms with E-state index in [2.05, 4.69) is 14.7 Å². The first-order valence-electron chi connectivity index (χ1n) is 4.85. The number of methoxy groups -OCH3 is 1. The Morgan fingerprint density at radius 1 is 1.47 bits per heavy atom. The fourth-order valence-corrected chi connectivity index (χ4v) is 1.33. The SMILES string of the molecule is COc1cccc(C=O)c1OCc1ncon1. The van der Waals surface area contributed by atoms with Crippen molar-refractivity contribution in [3.05, 3.63) is 36.0 Å². The Balaban J connectivity index is 2.21. The largest absolute Gasteiger partial charge is 0.493 e. The van der Waals surface area contributed by atoms with Crippen molar-refractivity contribution in [2.24, 2.45) is 0 Å². The summed E-state index contributed by atoms with van der Waals surface area (Å²) < 4.78 is 15.1. The standard InChI is InChI=1S/C11H10N2O4/c1-15-9-4-2-3-8(5-14)11(9)16-6-10-12-7-17-13-10/h2-5,7H,6H2,1H3. The lowest BCUT2D eigenvalue weighted by Crippen LogP contribution is -2.01. The van der Waals surface area contributed by atoms with Crippen LogP contribution in [0.1, 0.15) is 16.2 Å². The van der Waals surface area contributed by atoms with Crippen LogP contribution in [-0.2, 0) is 6.61 Å². The van der Waals surface area contributed by atoms with E-state index in [4.69, 9.17) is 9.47 Å². The van der Waals surface area contributed by atoms with Crippen LogP contribution in [0.25, 0.3) is 0 Å². The molecule has 0 unspecified atom stereocenters. The Kier molecular flexibility index (Phi) is 3.34. The van der Waals surface area contributed by atoms with Crippen molar-refractivity contribution >= 4 is 6.29 Å². The molecule has 0 aliphatic heterocycles. The van der Waals surface area contributed by atoms with Crippen LogP contribution >= 0.6 is 0 Å². The third-order valence-electron chi connectivity index (χ3n) is 2.11. The Bertz CT molecular complexity index is 496. The van der Waals surface area contributed by atoms with E-state index in [1.807, 2.05) is 0 Å². The fourth-order valence-electron chi connectivity index (χ4n) is 1.33. The smallest absolute Gasteiger partial charge is 0.213 e. The molecule has 0 spiro atoms. The number of rotatable bonds is 5. The van der Waals surface area contributed by atoms with Gasteiger partial charge in [-0.3, -0.25) is 4.79 Å². The molecular weight excluding hydrogens is 224 g/mol. The third kappa shape index (κ3) is 2.41. The molecule has 2 rings (SSSR count). The van der Waals surface area contributed by atoms with Gasteiger partial charge in [-0.1, -0.05) is 11.2 Å². The van der Waals surface area contributed by atoms with Crippen LogP contribution in [0.15, 0.2) is 29.1 Å². The van der Waals surface area contributed by atoms with E-state index in [1.54, 1.807) is 18.2 Å². The number of carbonyl (C=O) groups is 1. The summed E-state index contributed by atoms with van der Waals surface area (Å²) in [4.78, 5) is 14.7. The summed E-state index contributed by atoms with van der Waals surface area (Å²) in [6.07, 6.45) is 1.91. The maximum atomic E-state index is 10.9. The molecule has 0 atom stereocenters. The molecule has 88 valence electrons. The zero-order valence-electron chi connectivity index (χ0n) is 9.12. The van der Waals surface area contributed by atoms with Gasteiger partial charge >= 0.3 is 0 Å². The highest BCUT2D eigenvalue weighted by atomic mass is 16.5. The molecule has 2 aromatic rings. The maximum absolute atomic E-state index is 10.9. The molecule has 1 aromatic heterocycles. The molecule has 0 amide bonds. The second-order valence-corrected chi connectivity index (χ2v) is 3.13. The number of aromatic nitrogens is 2. The van der Waals surface area contributed by atoms with Gasteiger partial charge in [0.25, 0.3) is 0 Å². The molecule has 17 heavy (non-hydrogen) atoms. The minimum absolute atomic E-state index is 0.109. The summed E-state index contributed by atoms with van der Waals surface area (Å²) in [5, 5.41) is 3.60. The van der Waals surface area contributed by atoms with Gasteiger partial charge in [-0.05, 0) is 12.1 Å². The van der Waals surface area contributed by atoms with Crippen molar-refractivity contribution in [3.63, 3.8) is 0 Å². The third-order valence-corrected chi connectivity index (χ3v) is 2.11. The van der Waals surface area contributed by atoms with Gasteiger partial charge < -0.3 is 14.0 Å². The number of benzene rings is 1. The van der Waals surface area contributed by atoms with Crippen molar-refractivity contribution in [2.45, 2.75) is 6.61 Å². The number of nitrogens with zero attached hydrogens (tertiary/aromatic N) is 2. The molecule has 0 aliphatic carbocycles. The fraction of sp³-hybridized carbons (Fsp3) is 0.182. The molecule has 1 aromatic carbocycles. The zero-order valence-corrected chi connectivity index (χ0v) is 9.12. The van der Waals surface area contributed by atoms with Gasteiger partial charge in [0, 0.05) is 0 Å². The van der Waals surface area contributed by atoms with Crippen LogP contribution in [-0.4, -0.2) is 23.5 Å². The average molecular weight is 234 g/mol. The van der Waals surface area contributed by atoms with Gasteiger partial charge in [-0.25, -0.2) is 0 Å². The number of ether oxygens (including phenoxy) is 2. The summed E-state index contributed by atoms with van der Waals surface area (Å²) >= 11 is 0. The number of hydrogen-bond acceptors (Lipinski definition) is 6. The Morgan fingerprint density at radius 2 is 2.35 bits per heavy atom. The Hall–Kier alpha value is -2.37. The Labute approximate surface area is 97.2 Å². The normalized spacial score (nSPS) is 9.94. The molecule has 0 N–H and O–H groups in total. The lowest BCUT2D eigenvalue weighted by Gasteiger charge is -2.10. The van der Waals surface area contributed by atoms with Crippen LogP contribution < -0.4 is 9.47 Å². The van der Waals surface area contributed by atoms with Gasteiger partial charge in [0.2, 0.25) is 12.2 Å². The van der Waals surface area contributed by atoms with Gasteiger partial charge in [-0.15, -0.1) is 0 Å². The minimum atomic E-state index is 0.109. The van der Waals surface area contributed by atoms with Crippen LogP contribution in [0.3, 0.4) is 0 Å². The summed E-state index contributed by atoms with van der Waals surface area (Å²) in [6, 6.07) is 5.06. The number of carbonyl (C=O) groups excluding carboxylic acids is 1. The quantitative estimate of drug-likeness (QED) is 0.729. The van der Waals surface area contributed by atoms with Crippen LogP contribution in [0.4, 0.5) is 0 Å². The number of para-hydroxylation sites is 1. The maximum Gasteiger partial charge on any atom is 0.213 e. The zero-order chi connectivity index (χ0) is 12.1. The molecule has 1 heterocycles. The van der Waals surface area contributed by atoms with Crippen molar-refractivity contribution in [2.75, 3.05) is 7.11 Å². The van der Waals surface area contributed by atoms with E-state index < -0.39 is 0 Å². The van der Waals surface area contributed by atoms with Crippen LogP contribution in [0.2, 0.25) is 0 Å². The van der Waals surface area contributed by atoms with Crippen LogP contribution in [0, 0.1) is 0 Å². The molecule has 0 saturated heterocycles. The summed E-state index contributed by atoms with van der Waals surface area (Å²) in [5.41, 5.74) is 0.410. The highest BCUT2D eigenvalue weighted by Gasteiger charge is 2.11. The Morgan fingerprint density at radius 3 is 3.00 bits per heavy atom. The number of aldehydes is 1. The molecule has 0 bridgehead atoms. The molecule has 0 fully saturated rings. The molecule has 0 aliphatic rings. The monoisotopic (exact) mass is 234 g/mol. The van der Waals surface area contributed by atoms with Gasteiger partial charge in [0.15, 0.2) is 24.4 Å². The lowest BCUT2D eigenvalue weighted by atomic mass is 10.2. The first-order valence-corrected chi connectivity index (χ1v) is 4.85. The first kappa shape index (κ1) is 11.1. The molecule has 6 nitrogen and oxygen atoms in total. The van der Waals surface area contributed by atoms with E-state index >= 15 is 0 Å². The highest BCUT2D eigenvalue weighted by Crippen LogP contribution is 2.30. The first-order chi connectivity index (χ1) is 8.35. The topological polar surface area (TPSA) is 74.5 Å². The molecule has 6 heteroatoms. The molecule has 0 saturated carbocycles. The van der Waals surface area contributed by atoms with Crippen molar-refractivity contribution in [1.82, 2.24) is 10.1 Å². The van der Waals surface area contributed by atoms with Crippen molar-refractivity contribution < 1.29 is 18.8 Å². The lowest BCUT2D eigenvalue weighted by molar-refractivity contribution is 0.111. The molecule has 0 radical (unpaired) electrons. The number of hydrogen-bond donors (Lipinski definition) is 0. The molecular formula is C11H10N2O4. The van der Waals surface area contributed by atoms with E-state index in [0.29, 0.717) is 29.2 Å². The van der Waals surface area contributed by atoms with E-state index in [0.717, 1.165) is 0 Å². The summed E-state index contributed by atoms with van der Waals surface area (Å²) in [7, 11) is 1.51. The second kappa shape index (κ2) is 5.11. The van der Waals surface area contributed by atoms with Crippen molar-refractivity contribution in [3.8, 4) is 11.5 Å². The highest BCUT2D eigenvalue weighted by molar-refractivity contribution is 5.81. The predicted octanol–water partition coefficient (Wildman–Crippen LogP) is 1.47. The van der Waals surface area contributed by atoms with Gasteiger partial charge in [-0.2, -0.15) is 4.98 Å². The second-order valence-electron chi connectivity index (χ2n) is 3.13. The van der Waals surface area contributed by atoms with Gasteiger partial charge in [0.1, 0.15) is 0 Å². The van der Waals surface area contributed by atoms with Gasteiger partial charge in [0.05, 0.1) is 12.7 Å². The minimum Gasteiger partial charge on any atom is -0.493 e. The van der Waals surface area contributed by atoms with E-state index in [1.165, 1.54) is 13.5 Å².